The van der Waals surface area contributed by atoms with Crippen molar-refractivity contribution in [3.8, 4) is 0 Å². The van der Waals surface area contributed by atoms with Crippen molar-refractivity contribution in [1.29, 1.82) is 0 Å². The van der Waals surface area contributed by atoms with Crippen LogP contribution in [0.4, 0.5) is 11.4 Å². The molecule has 2 N–H and O–H groups in total. The van der Waals surface area contributed by atoms with E-state index in [0.717, 1.165) is 0 Å². The lowest BCUT2D eigenvalue weighted by molar-refractivity contribution is 0.102. The number of amides is 1. The fourth-order valence-electron chi connectivity index (χ4n) is 2.99. The Hall–Kier alpha value is -2.43. The van der Waals surface area contributed by atoms with Gasteiger partial charge in [-0.3, -0.25) is 9.10 Å². The molecule has 0 spiro atoms. The first-order valence-corrected chi connectivity index (χ1v) is 11.7. The summed E-state index contributed by atoms with van der Waals surface area (Å²) in [7, 11) is -5.60. The van der Waals surface area contributed by atoms with E-state index in [-0.39, 0.29) is 10.6 Å². The van der Waals surface area contributed by atoms with E-state index in [0.29, 0.717) is 35.5 Å². The lowest BCUT2D eigenvalue weighted by atomic mass is 10.1. The molecule has 0 aromatic heterocycles. The van der Waals surface area contributed by atoms with Crippen LogP contribution < -0.4 is 14.3 Å². The zero-order valence-electron chi connectivity index (χ0n) is 15.5. The van der Waals surface area contributed by atoms with Gasteiger partial charge in [0.05, 0.1) is 16.3 Å². The molecule has 28 heavy (non-hydrogen) atoms. The van der Waals surface area contributed by atoms with Crippen molar-refractivity contribution < 1.29 is 21.6 Å². The van der Waals surface area contributed by atoms with E-state index in [1.165, 1.54) is 29.6 Å². The first-order chi connectivity index (χ1) is 13.1. The smallest absolute Gasteiger partial charge is 0.255 e. The molecule has 0 saturated carbocycles. The standard InChI is InChI=1S/C18H21N3O5S2/c1-13-4-7-15(12-17(13)28(25,26)19-2)20-18(22)14-5-8-16(9-6-14)21-10-3-11-27(21,23)24/h4-9,12,19H,3,10-11H2,1-2H3,(H,20,22). The number of nitrogens with one attached hydrogen (secondary N) is 2. The lowest BCUT2D eigenvalue weighted by Gasteiger charge is -2.17. The zero-order valence-corrected chi connectivity index (χ0v) is 17.1. The van der Waals surface area contributed by atoms with E-state index < -0.39 is 26.0 Å². The Kier molecular flexibility index (Phi) is 5.46. The molecule has 0 atom stereocenters. The van der Waals surface area contributed by atoms with E-state index in [4.69, 9.17) is 0 Å². The van der Waals surface area contributed by atoms with E-state index in [2.05, 4.69) is 10.0 Å². The van der Waals surface area contributed by atoms with Crippen LogP contribution in [-0.2, 0) is 20.0 Å². The molecular formula is C18H21N3O5S2. The van der Waals surface area contributed by atoms with Gasteiger partial charge in [-0.15, -0.1) is 0 Å². The van der Waals surface area contributed by atoms with Gasteiger partial charge in [0.1, 0.15) is 0 Å². The molecule has 0 radical (unpaired) electrons. The number of hydrogen-bond acceptors (Lipinski definition) is 5. The van der Waals surface area contributed by atoms with E-state index in [1.807, 2.05) is 0 Å². The molecule has 1 saturated heterocycles. The van der Waals surface area contributed by atoms with Gasteiger partial charge >= 0.3 is 0 Å². The average molecular weight is 424 g/mol. The first kappa shape index (κ1) is 20.3. The van der Waals surface area contributed by atoms with Crippen LogP contribution in [0.5, 0.6) is 0 Å². The molecular weight excluding hydrogens is 402 g/mol. The molecule has 1 aliphatic rings. The molecule has 1 aliphatic heterocycles. The molecule has 1 amide bonds. The Balaban J connectivity index is 1.80. The number of anilines is 2. The summed E-state index contributed by atoms with van der Waals surface area (Å²) >= 11 is 0. The third kappa shape index (κ3) is 4.03. The fourth-order valence-corrected chi connectivity index (χ4v) is 5.55. The highest BCUT2D eigenvalue weighted by Crippen LogP contribution is 2.25. The molecule has 2 aromatic carbocycles. The Morgan fingerprint density at radius 2 is 1.79 bits per heavy atom. The lowest BCUT2D eigenvalue weighted by Crippen LogP contribution is -2.25. The summed E-state index contributed by atoms with van der Waals surface area (Å²) in [4.78, 5) is 12.6. The maximum Gasteiger partial charge on any atom is 0.255 e. The van der Waals surface area contributed by atoms with Crippen LogP contribution in [0.3, 0.4) is 0 Å². The van der Waals surface area contributed by atoms with E-state index >= 15 is 0 Å². The molecule has 0 aliphatic carbocycles. The Morgan fingerprint density at radius 1 is 1.11 bits per heavy atom. The van der Waals surface area contributed by atoms with Gasteiger partial charge in [-0.1, -0.05) is 6.07 Å². The number of rotatable bonds is 5. The Morgan fingerprint density at radius 3 is 2.36 bits per heavy atom. The van der Waals surface area contributed by atoms with Gasteiger partial charge in [0.2, 0.25) is 20.0 Å². The van der Waals surface area contributed by atoms with E-state index in [1.54, 1.807) is 31.2 Å². The Labute approximate surface area is 164 Å². The largest absolute Gasteiger partial charge is 0.322 e. The second kappa shape index (κ2) is 7.53. The highest BCUT2D eigenvalue weighted by atomic mass is 32.2. The van der Waals surface area contributed by atoms with Gasteiger partial charge in [-0.05, 0) is 62.4 Å². The van der Waals surface area contributed by atoms with Gasteiger partial charge in [0.15, 0.2) is 0 Å². The van der Waals surface area contributed by atoms with Gasteiger partial charge < -0.3 is 5.32 Å². The van der Waals surface area contributed by atoms with Crippen molar-refractivity contribution in [3.63, 3.8) is 0 Å². The van der Waals surface area contributed by atoms with Crippen LogP contribution >= 0.6 is 0 Å². The predicted octanol–water partition coefficient (Wildman–Crippen LogP) is 1.70. The average Bonchev–Trinajstić information content (AvgIpc) is 3.02. The summed E-state index contributed by atoms with van der Waals surface area (Å²) in [6, 6.07) is 10.9. The maximum atomic E-state index is 12.5. The third-order valence-corrected chi connectivity index (χ3v) is 7.95. The van der Waals surface area contributed by atoms with Crippen LogP contribution in [-0.4, -0.2) is 42.1 Å². The van der Waals surface area contributed by atoms with Gasteiger partial charge in [0, 0.05) is 17.8 Å². The van der Waals surface area contributed by atoms with Crippen LogP contribution in [0.2, 0.25) is 0 Å². The number of nitrogens with zero attached hydrogens (tertiary/aromatic N) is 1. The molecule has 10 heteroatoms. The number of carbonyl (C=O) groups excluding carboxylic acids is 1. The minimum atomic E-state index is -3.64. The molecule has 8 nitrogen and oxygen atoms in total. The molecule has 3 rings (SSSR count). The number of sulfonamides is 2. The van der Waals surface area contributed by atoms with Crippen LogP contribution in [0, 0.1) is 6.92 Å². The molecule has 0 bridgehead atoms. The molecule has 2 aromatic rings. The number of aryl methyl sites for hydroxylation is 1. The van der Waals surface area contributed by atoms with Crippen molar-refractivity contribution >= 4 is 37.3 Å². The highest BCUT2D eigenvalue weighted by Gasteiger charge is 2.28. The summed E-state index contributed by atoms with van der Waals surface area (Å²) in [5, 5.41) is 2.66. The summed E-state index contributed by atoms with van der Waals surface area (Å²) in [6.45, 7) is 2.10. The summed E-state index contributed by atoms with van der Waals surface area (Å²) in [6.07, 6.45) is 0.579. The van der Waals surface area contributed by atoms with Crippen LogP contribution in [0.25, 0.3) is 0 Å². The Bertz CT molecular complexity index is 1110. The van der Waals surface area contributed by atoms with Gasteiger partial charge in [-0.25, -0.2) is 21.6 Å². The van der Waals surface area contributed by atoms with E-state index in [9.17, 15) is 21.6 Å². The normalized spacial score (nSPS) is 16.1. The zero-order chi connectivity index (χ0) is 20.5. The third-order valence-electron chi connectivity index (χ3n) is 4.52. The van der Waals surface area contributed by atoms with Gasteiger partial charge in [-0.2, -0.15) is 0 Å². The topological polar surface area (TPSA) is 113 Å². The highest BCUT2D eigenvalue weighted by molar-refractivity contribution is 7.93. The van der Waals surface area contributed by atoms with Crippen molar-refractivity contribution in [2.45, 2.75) is 18.2 Å². The maximum absolute atomic E-state index is 12.5. The number of hydrogen-bond donors (Lipinski definition) is 2. The number of carbonyl (C=O) groups is 1. The summed E-state index contributed by atoms with van der Waals surface area (Å²) in [5.41, 5.74) is 1.75. The van der Waals surface area contributed by atoms with Crippen LogP contribution in [0.1, 0.15) is 22.3 Å². The SMILES string of the molecule is CNS(=O)(=O)c1cc(NC(=O)c2ccc(N3CCCS3(=O)=O)cc2)ccc1C. The van der Waals surface area contributed by atoms with Gasteiger partial charge in [0.25, 0.3) is 5.91 Å². The predicted molar refractivity (Wildman–Crippen MR) is 108 cm³/mol. The quantitative estimate of drug-likeness (QED) is 0.760. The monoisotopic (exact) mass is 423 g/mol. The minimum Gasteiger partial charge on any atom is -0.322 e. The summed E-state index contributed by atoms with van der Waals surface area (Å²) < 4.78 is 51.7. The van der Waals surface area contributed by atoms with Crippen molar-refractivity contribution in [3.05, 3.63) is 53.6 Å². The van der Waals surface area contributed by atoms with Crippen LogP contribution in [0.15, 0.2) is 47.4 Å². The fraction of sp³-hybridized carbons (Fsp3) is 0.278. The van der Waals surface area contributed by atoms with Crippen molar-refractivity contribution in [1.82, 2.24) is 4.72 Å². The minimum absolute atomic E-state index is 0.0855. The second-order valence-corrected chi connectivity index (χ2v) is 10.3. The summed E-state index contributed by atoms with van der Waals surface area (Å²) in [5.74, 6) is -0.298. The number of benzene rings is 2. The van der Waals surface area contributed by atoms with Crippen molar-refractivity contribution in [2.75, 3.05) is 29.0 Å². The molecule has 1 fully saturated rings. The second-order valence-electron chi connectivity index (χ2n) is 6.43. The molecule has 1 heterocycles. The molecule has 150 valence electrons. The van der Waals surface area contributed by atoms with Crippen molar-refractivity contribution in [2.24, 2.45) is 0 Å². The molecule has 0 unspecified atom stereocenters. The first-order valence-electron chi connectivity index (χ1n) is 8.60.